The van der Waals surface area contributed by atoms with Crippen LogP contribution in [0.15, 0.2) is 193 Å². The summed E-state index contributed by atoms with van der Waals surface area (Å²) in [5, 5.41) is 10.1. The first-order chi connectivity index (χ1) is 26.8. The molecule has 1 fully saturated rings. The van der Waals surface area contributed by atoms with E-state index in [1.807, 2.05) is 0 Å². The first-order valence-corrected chi connectivity index (χ1v) is 19.1. The van der Waals surface area contributed by atoms with Gasteiger partial charge in [0.2, 0.25) is 0 Å². The molecule has 0 bridgehead atoms. The summed E-state index contributed by atoms with van der Waals surface area (Å²) in [5.41, 5.74) is 8.34. The highest BCUT2D eigenvalue weighted by atomic mass is 16.5. The second kappa shape index (κ2) is 12.4. The molecule has 1 spiro atoms. The van der Waals surface area contributed by atoms with Crippen LogP contribution < -0.4 is 15.4 Å². The molecule has 1 saturated carbocycles. The summed E-state index contributed by atoms with van der Waals surface area (Å²) in [7, 11) is 0. The number of fused-ring (bicyclic) bond motifs is 10. The predicted octanol–water partition coefficient (Wildman–Crippen LogP) is 10.8. The van der Waals surface area contributed by atoms with Gasteiger partial charge in [-0.25, -0.2) is 4.99 Å². The van der Waals surface area contributed by atoms with E-state index in [9.17, 15) is 0 Å². The lowest BCUT2D eigenvalue weighted by atomic mass is 9.59. The summed E-state index contributed by atoms with van der Waals surface area (Å²) in [4.78, 5) is 5.24. The Bertz CT molecular complexity index is 2550. The van der Waals surface area contributed by atoms with E-state index >= 15 is 0 Å². The van der Waals surface area contributed by atoms with Crippen LogP contribution in [-0.4, -0.2) is 5.84 Å². The SMILES string of the molecule is C1=CC2C3C(c4cccc(C5NC(c6ccc7ccccc7c6)=NC(c6ccccc6)N5)c4)=CC=CC3C3(c4ccccc4Oc4ccccc43)C2C=C1. The van der Waals surface area contributed by atoms with Crippen LogP contribution in [0.25, 0.3) is 16.3 Å². The number of nitrogens with one attached hydrogen (secondary N) is 2. The third-order valence-corrected chi connectivity index (χ3v) is 12.4. The summed E-state index contributed by atoms with van der Waals surface area (Å²) >= 11 is 0. The minimum atomic E-state index is -0.268. The molecule has 11 rings (SSSR count). The van der Waals surface area contributed by atoms with E-state index < -0.39 is 0 Å². The van der Waals surface area contributed by atoms with Crippen molar-refractivity contribution < 1.29 is 4.74 Å². The molecule has 5 aliphatic rings. The molecular weight excluding hydrogens is 659 g/mol. The lowest BCUT2D eigenvalue weighted by Crippen LogP contribution is -2.45. The number of para-hydroxylation sites is 2. The Labute approximate surface area is 316 Å². The maximum absolute atomic E-state index is 6.62. The molecule has 6 aromatic rings. The Balaban J connectivity index is 0.999. The quantitative estimate of drug-likeness (QED) is 0.193. The molecule has 54 heavy (non-hydrogen) atoms. The molecule has 3 aliphatic carbocycles. The Kier molecular flexibility index (Phi) is 7.21. The van der Waals surface area contributed by atoms with Gasteiger partial charge in [0.25, 0.3) is 0 Å². The zero-order valence-corrected chi connectivity index (χ0v) is 29.7. The maximum atomic E-state index is 6.62. The van der Waals surface area contributed by atoms with E-state index in [1.165, 1.54) is 38.6 Å². The van der Waals surface area contributed by atoms with Crippen LogP contribution in [0.1, 0.15) is 45.7 Å². The van der Waals surface area contributed by atoms with Gasteiger partial charge in [0.1, 0.15) is 29.7 Å². The Morgan fingerprint density at radius 2 is 1.26 bits per heavy atom. The zero-order valence-electron chi connectivity index (χ0n) is 29.7. The molecule has 6 unspecified atom stereocenters. The van der Waals surface area contributed by atoms with Crippen LogP contribution >= 0.6 is 0 Å². The second-order valence-corrected chi connectivity index (χ2v) is 15.1. The minimum absolute atomic E-state index is 0.154. The van der Waals surface area contributed by atoms with E-state index in [2.05, 4.69) is 199 Å². The molecular formula is C50H39N3O. The van der Waals surface area contributed by atoms with Crippen LogP contribution in [0, 0.1) is 23.7 Å². The number of allylic oxidation sites excluding steroid dienone is 8. The van der Waals surface area contributed by atoms with E-state index in [0.717, 1.165) is 28.5 Å². The molecule has 2 N–H and O–H groups in total. The molecule has 0 saturated heterocycles. The van der Waals surface area contributed by atoms with Crippen LogP contribution in [0.2, 0.25) is 0 Å². The van der Waals surface area contributed by atoms with Gasteiger partial charge < -0.3 is 10.1 Å². The van der Waals surface area contributed by atoms with E-state index in [1.54, 1.807) is 0 Å². The normalized spacial score (nSPS) is 25.4. The van der Waals surface area contributed by atoms with Crippen molar-refractivity contribution in [2.45, 2.75) is 17.7 Å². The van der Waals surface area contributed by atoms with Crippen LogP contribution in [-0.2, 0) is 5.41 Å². The Hall–Kier alpha value is -6.23. The van der Waals surface area contributed by atoms with Crippen molar-refractivity contribution in [3.05, 3.63) is 222 Å². The number of aliphatic imine (C=N–C) groups is 1. The fraction of sp³-hybridized carbons (Fsp3) is 0.140. The Morgan fingerprint density at radius 1 is 0.556 bits per heavy atom. The van der Waals surface area contributed by atoms with Crippen molar-refractivity contribution in [1.82, 2.24) is 10.6 Å². The average Bonchev–Trinajstić information content (AvgIpc) is 3.54. The first kappa shape index (κ1) is 31.3. The van der Waals surface area contributed by atoms with Gasteiger partial charge in [0.05, 0.1) is 0 Å². The molecule has 0 aromatic heterocycles. The van der Waals surface area contributed by atoms with Gasteiger partial charge in [-0.2, -0.15) is 0 Å². The molecule has 2 heterocycles. The predicted molar refractivity (Wildman–Crippen MR) is 218 cm³/mol. The zero-order chi connectivity index (χ0) is 35.6. The van der Waals surface area contributed by atoms with E-state index in [-0.39, 0.29) is 35.5 Å². The van der Waals surface area contributed by atoms with Crippen molar-refractivity contribution in [3.63, 3.8) is 0 Å². The fourth-order valence-corrected chi connectivity index (χ4v) is 10.2. The molecule has 4 heteroatoms. The maximum Gasteiger partial charge on any atom is 0.131 e. The van der Waals surface area contributed by atoms with Crippen LogP contribution in [0.3, 0.4) is 0 Å². The average molecular weight is 698 g/mol. The van der Waals surface area contributed by atoms with Crippen molar-refractivity contribution in [2.75, 3.05) is 0 Å². The molecule has 260 valence electrons. The minimum Gasteiger partial charge on any atom is -0.457 e. The number of rotatable bonds is 4. The molecule has 6 atom stereocenters. The third-order valence-electron chi connectivity index (χ3n) is 12.4. The number of nitrogens with zero attached hydrogens (tertiary/aromatic N) is 1. The first-order valence-electron chi connectivity index (χ1n) is 19.1. The highest BCUT2D eigenvalue weighted by Gasteiger charge is 2.63. The summed E-state index contributed by atoms with van der Waals surface area (Å²) in [6.45, 7) is 0. The molecule has 0 radical (unpaired) electrons. The monoisotopic (exact) mass is 697 g/mol. The largest absolute Gasteiger partial charge is 0.457 e. The second-order valence-electron chi connectivity index (χ2n) is 15.1. The van der Waals surface area contributed by atoms with Gasteiger partial charge in [0.15, 0.2) is 0 Å². The topological polar surface area (TPSA) is 45.7 Å². The number of hydrogen-bond acceptors (Lipinski definition) is 4. The standard InChI is InChI=1S/C50H39N3O/c1-2-15-33(16-3-1)47-51-48(53-49(52-47)37-29-28-32-14-4-5-17-34(32)30-37)36-19-12-18-35(31-36)38-21-13-25-43-46(38)39-20-6-7-22-40(39)50(43)41-23-8-10-26-44(41)54-45-27-11-9-24-42(45)50/h1-31,39-40,43,46-48,51H,(H,52,53). The third kappa shape index (κ3) is 4.76. The van der Waals surface area contributed by atoms with Crippen molar-refractivity contribution in [2.24, 2.45) is 28.7 Å². The smallest absolute Gasteiger partial charge is 0.131 e. The van der Waals surface area contributed by atoms with Gasteiger partial charge >= 0.3 is 0 Å². The summed E-state index contributed by atoms with van der Waals surface area (Å²) in [6.07, 6.45) is 16.3. The van der Waals surface area contributed by atoms with E-state index in [4.69, 9.17) is 9.73 Å². The van der Waals surface area contributed by atoms with Crippen LogP contribution in [0.5, 0.6) is 11.5 Å². The van der Waals surface area contributed by atoms with Gasteiger partial charge in [-0.1, -0.05) is 164 Å². The lowest BCUT2D eigenvalue weighted by Gasteiger charge is -2.45. The number of ether oxygens (including phenoxy) is 1. The van der Waals surface area contributed by atoms with Gasteiger partial charge in [-0.05, 0) is 81.0 Å². The highest BCUT2D eigenvalue weighted by Crippen LogP contribution is 2.68. The molecule has 4 nitrogen and oxygen atoms in total. The number of hydrogen-bond donors (Lipinski definition) is 2. The lowest BCUT2D eigenvalue weighted by molar-refractivity contribution is 0.311. The van der Waals surface area contributed by atoms with Gasteiger partial charge in [-0.15, -0.1) is 0 Å². The number of amidine groups is 1. The summed E-state index contributed by atoms with van der Waals surface area (Å²) < 4.78 is 6.62. The summed E-state index contributed by atoms with van der Waals surface area (Å²) in [6, 6.07) is 52.3. The van der Waals surface area contributed by atoms with Gasteiger partial charge in [-0.3, -0.25) is 5.32 Å². The van der Waals surface area contributed by atoms with E-state index in [0.29, 0.717) is 5.92 Å². The van der Waals surface area contributed by atoms with Crippen molar-refractivity contribution in [1.29, 1.82) is 0 Å². The molecule has 0 amide bonds. The van der Waals surface area contributed by atoms with Crippen LogP contribution in [0.4, 0.5) is 0 Å². The molecule has 6 aromatic carbocycles. The summed E-state index contributed by atoms with van der Waals surface area (Å²) in [5.74, 6) is 3.92. The van der Waals surface area contributed by atoms with Gasteiger partial charge in [0, 0.05) is 22.1 Å². The fourth-order valence-electron chi connectivity index (χ4n) is 10.2. The molecule has 2 aliphatic heterocycles. The Morgan fingerprint density at radius 3 is 2.09 bits per heavy atom. The highest BCUT2D eigenvalue weighted by molar-refractivity contribution is 6.02. The number of benzene rings is 6. The van der Waals surface area contributed by atoms with Crippen molar-refractivity contribution >= 4 is 22.2 Å². The van der Waals surface area contributed by atoms with Crippen molar-refractivity contribution in [3.8, 4) is 11.5 Å².